The number of fused-ring (bicyclic) bond motifs is 2. The number of pyridine rings is 1. The van der Waals surface area contributed by atoms with E-state index in [-0.39, 0.29) is 6.16 Å². The highest BCUT2D eigenvalue weighted by atomic mass is 31.2. The van der Waals surface area contributed by atoms with Crippen LogP contribution in [-0.2, 0) is 19.8 Å². The fourth-order valence-electron chi connectivity index (χ4n) is 2.81. The van der Waals surface area contributed by atoms with E-state index in [0.717, 1.165) is 27.4 Å². The Morgan fingerprint density at radius 3 is 1.83 bits per heavy atom. The quantitative estimate of drug-likeness (QED) is 0.463. The van der Waals surface area contributed by atoms with Gasteiger partial charge in [-0.1, -0.05) is 36.4 Å². The average molecular weight is 329 g/mol. The predicted octanol–water partition coefficient (Wildman–Crippen LogP) is 5.15. The lowest BCUT2D eigenvalue weighted by Crippen LogP contribution is -2.01. The minimum atomic E-state index is -3.18. The molecule has 0 N–H and O–H groups in total. The first kappa shape index (κ1) is 16.1. The Morgan fingerprint density at radius 1 is 0.870 bits per heavy atom. The molecule has 0 aliphatic carbocycles. The van der Waals surface area contributed by atoms with E-state index in [0.29, 0.717) is 13.2 Å². The van der Waals surface area contributed by atoms with Crippen molar-refractivity contribution < 1.29 is 13.6 Å². The van der Waals surface area contributed by atoms with E-state index in [4.69, 9.17) is 9.05 Å². The van der Waals surface area contributed by atoms with Gasteiger partial charge in [-0.3, -0.25) is 4.57 Å². The zero-order valence-corrected chi connectivity index (χ0v) is 14.3. The van der Waals surface area contributed by atoms with Crippen LogP contribution in [-0.4, -0.2) is 18.2 Å². The number of rotatable bonds is 6. The van der Waals surface area contributed by atoms with Gasteiger partial charge in [0.25, 0.3) is 0 Å². The number of hydrogen-bond donors (Lipinski definition) is 0. The molecule has 0 atom stereocenters. The van der Waals surface area contributed by atoms with Crippen LogP contribution in [0.1, 0.15) is 19.4 Å². The van der Waals surface area contributed by atoms with Gasteiger partial charge in [0, 0.05) is 10.8 Å². The lowest BCUT2D eigenvalue weighted by atomic mass is 10.0. The third-order valence-corrected chi connectivity index (χ3v) is 5.71. The highest BCUT2D eigenvalue weighted by molar-refractivity contribution is 7.53. The van der Waals surface area contributed by atoms with Crippen LogP contribution in [0.3, 0.4) is 0 Å². The molecule has 0 saturated carbocycles. The fourth-order valence-corrected chi connectivity index (χ4v) is 4.59. The van der Waals surface area contributed by atoms with Gasteiger partial charge < -0.3 is 9.05 Å². The van der Waals surface area contributed by atoms with Crippen molar-refractivity contribution in [1.29, 1.82) is 0 Å². The standard InChI is InChI=1S/C18H20NO3P/c1-3-21-23(20,22-4-2)13-16-14-9-5-7-11-17(14)19-18-12-8-6-10-15(16)18/h5-12H,3-4,13H2,1-2H3. The third-order valence-electron chi connectivity index (χ3n) is 3.70. The van der Waals surface area contributed by atoms with Crippen molar-refractivity contribution in [2.24, 2.45) is 0 Å². The second-order valence-electron chi connectivity index (χ2n) is 5.23. The second kappa shape index (κ2) is 6.79. The van der Waals surface area contributed by atoms with Crippen molar-refractivity contribution in [2.75, 3.05) is 13.2 Å². The van der Waals surface area contributed by atoms with Gasteiger partial charge in [-0.25, -0.2) is 4.98 Å². The Balaban J connectivity index is 2.22. The molecule has 23 heavy (non-hydrogen) atoms. The number of benzene rings is 2. The maximum atomic E-state index is 13.0. The summed E-state index contributed by atoms with van der Waals surface area (Å²) in [4.78, 5) is 4.69. The van der Waals surface area contributed by atoms with Gasteiger partial charge in [-0.2, -0.15) is 0 Å². The van der Waals surface area contributed by atoms with E-state index in [1.807, 2.05) is 62.4 Å². The lowest BCUT2D eigenvalue weighted by Gasteiger charge is -2.19. The fraction of sp³-hybridized carbons (Fsp3) is 0.278. The first-order valence-corrected chi connectivity index (χ1v) is 9.54. The van der Waals surface area contributed by atoms with Crippen LogP contribution in [0.5, 0.6) is 0 Å². The van der Waals surface area contributed by atoms with Crippen LogP contribution in [0, 0.1) is 0 Å². The number of aromatic nitrogens is 1. The normalized spacial score (nSPS) is 12.1. The van der Waals surface area contributed by atoms with Crippen molar-refractivity contribution in [1.82, 2.24) is 4.98 Å². The van der Waals surface area contributed by atoms with Crippen LogP contribution in [0.2, 0.25) is 0 Å². The molecule has 2 aromatic carbocycles. The van der Waals surface area contributed by atoms with Crippen LogP contribution in [0.25, 0.3) is 21.8 Å². The van der Waals surface area contributed by atoms with Crippen LogP contribution in [0.15, 0.2) is 48.5 Å². The Hall–Kier alpha value is -1.74. The summed E-state index contributed by atoms with van der Waals surface area (Å²) in [5, 5.41) is 1.98. The molecular weight excluding hydrogens is 309 g/mol. The minimum absolute atomic E-state index is 0.248. The molecule has 0 aliphatic heterocycles. The third kappa shape index (κ3) is 3.30. The molecule has 0 radical (unpaired) electrons. The highest BCUT2D eigenvalue weighted by Gasteiger charge is 2.26. The molecule has 0 spiro atoms. The van der Waals surface area contributed by atoms with E-state index in [1.165, 1.54) is 0 Å². The monoisotopic (exact) mass is 329 g/mol. The Kier molecular flexibility index (Phi) is 4.76. The molecule has 120 valence electrons. The zero-order valence-electron chi connectivity index (χ0n) is 13.4. The Bertz CT molecular complexity index is 814. The van der Waals surface area contributed by atoms with Gasteiger partial charge in [0.05, 0.1) is 30.4 Å². The van der Waals surface area contributed by atoms with E-state index in [9.17, 15) is 4.57 Å². The van der Waals surface area contributed by atoms with E-state index >= 15 is 0 Å². The maximum absolute atomic E-state index is 13.0. The van der Waals surface area contributed by atoms with Crippen molar-refractivity contribution in [3.63, 3.8) is 0 Å². The summed E-state index contributed by atoms with van der Waals surface area (Å²) in [7, 11) is -3.18. The Labute approximate surface area is 136 Å². The topological polar surface area (TPSA) is 48.4 Å². The van der Waals surface area contributed by atoms with Crippen molar-refractivity contribution in [3.05, 3.63) is 54.1 Å². The summed E-state index contributed by atoms with van der Waals surface area (Å²) >= 11 is 0. The largest absolute Gasteiger partial charge is 0.335 e. The van der Waals surface area contributed by atoms with Gasteiger partial charge in [-0.05, 0) is 31.5 Å². The molecule has 3 rings (SSSR count). The Morgan fingerprint density at radius 2 is 1.35 bits per heavy atom. The van der Waals surface area contributed by atoms with E-state index in [1.54, 1.807) is 0 Å². The molecule has 4 nitrogen and oxygen atoms in total. The molecule has 0 unspecified atom stereocenters. The molecule has 0 fully saturated rings. The van der Waals surface area contributed by atoms with Crippen LogP contribution in [0.4, 0.5) is 0 Å². The molecule has 0 saturated heterocycles. The molecule has 3 aromatic rings. The predicted molar refractivity (Wildman–Crippen MR) is 93.8 cm³/mol. The first-order chi connectivity index (χ1) is 11.2. The van der Waals surface area contributed by atoms with Gasteiger partial charge in [0.2, 0.25) is 0 Å². The average Bonchev–Trinajstić information content (AvgIpc) is 2.55. The van der Waals surface area contributed by atoms with Crippen molar-refractivity contribution in [3.8, 4) is 0 Å². The van der Waals surface area contributed by atoms with Crippen molar-refractivity contribution in [2.45, 2.75) is 20.0 Å². The second-order valence-corrected chi connectivity index (χ2v) is 7.28. The van der Waals surface area contributed by atoms with Crippen LogP contribution >= 0.6 is 7.60 Å². The number of para-hydroxylation sites is 2. The van der Waals surface area contributed by atoms with Gasteiger partial charge >= 0.3 is 7.60 Å². The summed E-state index contributed by atoms with van der Waals surface area (Å²) < 4.78 is 24.0. The summed E-state index contributed by atoms with van der Waals surface area (Å²) in [6.45, 7) is 4.37. The summed E-state index contributed by atoms with van der Waals surface area (Å²) in [5.74, 6) is 0. The molecular formula is C18H20NO3P. The first-order valence-electron chi connectivity index (χ1n) is 7.81. The SMILES string of the molecule is CCOP(=O)(Cc1c2ccccc2nc2ccccc12)OCC. The van der Waals surface area contributed by atoms with Crippen molar-refractivity contribution >= 4 is 29.4 Å². The summed E-state index contributed by atoms with van der Waals surface area (Å²) in [5.41, 5.74) is 2.75. The maximum Gasteiger partial charge on any atom is 0.335 e. The molecule has 0 bridgehead atoms. The molecule has 0 amide bonds. The smallest absolute Gasteiger partial charge is 0.309 e. The van der Waals surface area contributed by atoms with E-state index < -0.39 is 7.60 Å². The minimum Gasteiger partial charge on any atom is -0.309 e. The zero-order chi connectivity index (χ0) is 16.3. The highest BCUT2D eigenvalue weighted by Crippen LogP contribution is 2.52. The molecule has 1 heterocycles. The van der Waals surface area contributed by atoms with Gasteiger partial charge in [0.1, 0.15) is 0 Å². The molecule has 0 aliphatic rings. The summed E-state index contributed by atoms with van der Waals surface area (Å²) in [6, 6.07) is 15.8. The lowest BCUT2D eigenvalue weighted by molar-refractivity contribution is 0.219. The molecule has 5 heteroatoms. The summed E-state index contributed by atoms with van der Waals surface area (Å²) in [6.07, 6.45) is 0.248. The van der Waals surface area contributed by atoms with Gasteiger partial charge in [-0.15, -0.1) is 0 Å². The van der Waals surface area contributed by atoms with Gasteiger partial charge in [0.15, 0.2) is 0 Å². The van der Waals surface area contributed by atoms with Crippen LogP contribution < -0.4 is 0 Å². The number of nitrogens with zero attached hydrogens (tertiary/aromatic N) is 1. The molecule has 1 aromatic heterocycles. The number of hydrogen-bond acceptors (Lipinski definition) is 4. The van der Waals surface area contributed by atoms with E-state index in [2.05, 4.69) is 4.98 Å².